The van der Waals surface area contributed by atoms with Crippen LogP contribution < -0.4 is 5.32 Å². The van der Waals surface area contributed by atoms with Crippen LogP contribution in [-0.2, 0) is 0 Å². The topological polar surface area (TPSA) is 45.1 Å². The Morgan fingerprint density at radius 3 is 2.87 bits per heavy atom. The smallest absolute Gasteiger partial charge is 0.126 e. The van der Waals surface area contributed by atoms with Gasteiger partial charge in [-0.1, -0.05) is 0 Å². The quantitative estimate of drug-likeness (QED) is 0.783. The zero-order valence-corrected chi connectivity index (χ0v) is 10.5. The van der Waals surface area contributed by atoms with E-state index in [-0.39, 0.29) is 6.61 Å². The monoisotopic (exact) mass is 272 g/mol. The molecular formula is C11H17BrN2O. The number of rotatable bonds is 6. The van der Waals surface area contributed by atoms with Gasteiger partial charge in [0.05, 0.1) is 0 Å². The summed E-state index contributed by atoms with van der Waals surface area (Å²) in [5.74, 6) is 0.916. The summed E-state index contributed by atoms with van der Waals surface area (Å²) in [5, 5.41) is 11.9. The van der Waals surface area contributed by atoms with E-state index in [4.69, 9.17) is 5.11 Å². The Bertz CT molecular complexity index is 305. The maximum atomic E-state index is 8.61. The average Bonchev–Trinajstić information content (AvgIpc) is 2.23. The summed E-state index contributed by atoms with van der Waals surface area (Å²) >= 11 is 3.41. The number of hydrogen-bond donors (Lipinski definition) is 2. The highest BCUT2D eigenvalue weighted by Crippen LogP contribution is 2.17. The SMILES string of the molecule is Cc1cc(NCCCCCO)ncc1Br. The molecular weight excluding hydrogens is 256 g/mol. The normalized spacial score (nSPS) is 10.3. The first-order valence-corrected chi connectivity index (χ1v) is 6.00. The predicted molar refractivity (Wildman–Crippen MR) is 66.1 cm³/mol. The van der Waals surface area contributed by atoms with Gasteiger partial charge in [-0.3, -0.25) is 0 Å². The molecule has 0 unspecified atom stereocenters. The first kappa shape index (κ1) is 12.5. The van der Waals surface area contributed by atoms with Gasteiger partial charge in [0.1, 0.15) is 5.82 Å². The molecule has 0 aliphatic rings. The molecule has 15 heavy (non-hydrogen) atoms. The van der Waals surface area contributed by atoms with Crippen molar-refractivity contribution in [1.29, 1.82) is 0 Å². The van der Waals surface area contributed by atoms with Crippen LogP contribution in [0.2, 0.25) is 0 Å². The number of aryl methyl sites for hydroxylation is 1. The van der Waals surface area contributed by atoms with Gasteiger partial charge in [0.2, 0.25) is 0 Å². The van der Waals surface area contributed by atoms with Crippen LogP contribution in [-0.4, -0.2) is 23.2 Å². The van der Waals surface area contributed by atoms with E-state index in [1.165, 1.54) is 5.56 Å². The number of halogens is 1. The highest BCUT2D eigenvalue weighted by molar-refractivity contribution is 9.10. The van der Waals surface area contributed by atoms with Crippen LogP contribution in [0.3, 0.4) is 0 Å². The van der Waals surface area contributed by atoms with Crippen molar-refractivity contribution < 1.29 is 5.11 Å². The maximum absolute atomic E-state index is 8.61. The van der Waals surface area contributed by atoms with Crippen molar-refractivity contribution in [1.82, 2.24) is 4.98 Å². The lowest BCUT2D eigenvalue weighted by Crippen LogP contribution is -2.03. The minimum absolute atomic E-state index is 0.287. The van der Waals surface area contributed by atoms with Crippen molar-refractivity contribution >= 4 is 21.7 Å². The highest BCUT2D eigenvalue weighted by atomic mass is 79.9. The fraction of sp³-hybridized carbons (Fsp3) is 0.545. The zero-order valence-electron chi connectivity index (χ0n) is 8.96. The number of unbranched alkanes of at least 4 members (excludes halogenated alkanes) is 2. The molecule has 3 nitrogen and oxygen atoms in total. The van der Waals surface area contributed by atoms with Crippen LogP contribution in [0.5, 0.6) is 0 Å². The van der Waals surface area contributed by atoms with Crippen molar-refractivity contribution in [2.75, 3.05) is 18.5 Å². The Labute approximate surface area is 99.1 Å². The molecule has 0 saturated heterocycles. The Morgan fingerprint density at radius 1 is 1.40 bits per heavy atom. The molecule has 0 aliphatic carbocycles. The molecule has 0 spiro atoms. The highest BCUT2D eigenvalue weighted by Gasteiger charge is 1.97. The van der Waals surface area contributed by atoms with E-state index in [0.29, 0.717) is 0 Å². The maximum Gasteiger partial charge on any atom is 0.126 e. The molecule has 0 amide bonds. The lowest BCUT2D eigenvalue weighted by molar-refractivity contribution is 0.283. The largest absolute Gasteiger partial charge is 0.396 e. The molecule has 0 saturated carbocycles. The molecule has 1 aromatic rings. The molecule has 0 bridgehead atoms. The third-order valence-corrected chi connectivity index (χ3v) is 3.02. The van der Waals surface area contributed by atoms with Crippen molar-refractivity contribution in [3.63, 3.8) is 0 Å². The molecule has 0 aromatic carbocycles. The molecule has 0 radical (unpaired) electrons. The average molecular weight is 273 g/mol. The molecule has 4 heteroatoms. The summed E-state index contributed by atoms with van der Waals surface area (Å²) in [6.07, 6.45) is 4.82. The third kappa shape index (κ3) is 4.62. The minimum atomic E-state index is 0.287. The molecule has 1 rings (SSSR count). The van der Waals surface area contributed by atoms with Gasteiger partial charge in [-0.15, -0.1) is 0 Å². The van der Waals surface area contributed by atoms with Crippen LogP contribution in [0.15, 0.2) is 16.7 Å². The molecule has 0 atom stereocenters. The van der Waals surface area contributed by atoms with Gasteiger partial charge in [-0.2, -0.15) is 0 Å². The van der Waals surface area contributed by atoms with E-state index in [1.54, 1.807) is 0 Å². The van der Waals surface area contributed by atoms with Gasteiger partial charge in [0.15, 0.2) is 0 Å². The van der Waals surface area contributed by atoms with Crippen LogP contribution in [0.25, 0.3) is 0 Å². The standard InChI is InChI=1S/C11H17BrN2O/c1-9-7-11(14-8-10(9)12)13-5-3-2-4-6-15/h7-8,15H,2-6H2,1H3,(H,13,14). The van der Waals surface area contributed by atoms with E-state index < -0.39 is 0 Å². The first-order chi connectivity index (χ1) is 7.24. The van der Waals surface area contributed by atoms with Gasteiger partial charge in [-0.05, 0) is 53.7 Å². The summed E-state index contributed by atoms with van der Waals surface area (Å²) in [5.41, 5.74) is 1.18. The summed E-state index contributed by atoms with van der Waals surface area (Å²) < 4.78 is 1.04. The lowest BCUT2D eigenvalue weighted by Gasteiger charge is -2.06. The van der Waals surface area contributed by atoms with Crippen LogP contribution in [0.4, 0.5) is 5.82 Å². The predicted octanol–water partition coefficient (Wildman–Crippen LogP) is 2.73. The van der Waals surface area contributed by atoms with E-state index in [0.717, 1.165) is 36.1 Å². The third-order valence-electron chi connectivity index (χ3n) is 2.19. The van der Waals surface area contributed by atoms with Crippen molar-refractivity contribution in [3.05, 3.63) is 22.3 Å². The Kier molecular flexibility index (Phi) is 5.65. The van der Waals surface area contributed by atoms with Crippen molar-refractivity contribution in [3.8, 4) is 0 Å². The van der Waals surface area contributed by atoms with Gasteiger partial charge in [0.25, 0.3) is 0 Å². The lowest BCUT2D eigenvalue weighted by atomic mass is 10.2. The second-order valence-electron chi connectivity index (χ2n) is 3.53. The molecule has 2 N–H and O–H groups in total. The number of nitrogens with one attached hydrogen (secondary N) is 1. The number of nitrogens with zero attached hydrogens (tertiary/aromatic N) is 1. The number of pyridine rings is 1. The molecule has 1 aromatic heterocycles. The minimum Gasteiger partial charge on any atom is -0.396 e. The van der Waals surface area contributed by atoms with E-state index in [9.17, 15) is 0 Å². The molecule has 0 aliphatic heterocycles. The molecule has 84 valence electrons. The van der Waals surface area contributed by atoms with Crippen molar-refractivity contribution in [2.45, 2.75) is 26.2 Å². The van der Waals surface area contributed by atoms with Crippen LogP contribution in [0.1, 0.15) is 24.8 Å². The molecule has 0 fully saturated rings. The Morgan fingerprint density at radius 2 is 2.20 bits per heavy atom. The van der Waals surface area contributed by atoms with Crippen LogP contribution >= 0.6 is 15.9 Å². The van der Waals surface area contributed by atoms with E-state index in [1.807, 2.05) is 19.2 Å². The van der Waals surface area contributed by atoms with Gasteiger partial charge in [-0.25, -0.2) is 4.98 Å². The number of hydrogen-bond acceptors (Lipinski definition) is 3. The fourth-order valence-electron chi connectivity index (χ4n) is 1.27. The van der Waals surface area contributed by atoms with E-state index in [2.05, 4.69) is 26.2 Å². The number of aromatic nitrogens is 1. The number of aliphatic hydroxyl groups excluding tert-OH is 1. The number of anilines is 1. The Hall–Kier alpha value is -0.610. The second-order valence-corrected chi connectivity index (χ2v) is 4.38. The van der Waals surface area contributed by atoms with Gasteiger partial charge in [0, 0.05) is 23.8 Å². The van der Waals surface area contributed by atoms with E-state index >= 15 is 0 Å². The van der Waals surface area contributed by atoms with Crippen molar-refractivity contribution in [2.24, 2.45) is 0 Å². The molecule has 1 heterocycles. The van der Waals surface area contributed by atoms with Gasteiger partial charge < -0.3 is 10.4 Å². The van der Waals surface area contributed by atoms with Crippen LogP contribution in [0, 0.1) is 6.92 Å². The Balaban J connectivity index is 2.28. The summed E-state index contributed by atoms with van der Waals surface area (Å²) in [6.45, 7) is 3.24. The number of aliphatic hydroxyl groups is 1. The summed E-state index contributed by atoms with van der Waals surface area (Å²) in [4.78, 5) is 4.25. The first-order valence-electron chi connectivity index (χ1n) is 5.21. The van der Waals surface area contributed by atoms with Gasteiger partial charge >= 0.3 is 0 Å². The fourth-order valence-corrected chi connectivity index (χ4v) is 1.48. The summed E-state index contributed by atoms with van der Waals surface area (Å²) in [7, 11) is 0. The summed E-state index contributed by atoms with van der Waals surface area (Å²) in [6, 6.07) is 2.02. The second kappa shape index (κ2) is 6.80. The zero-order chi connectivity index (χ0) is 11.1.